The lowest BCUT2D eigenvalue weighted by molar-refractivity contribution is -0.151. The van der Waals surface area contributed by atoms with Gasteiger partial charge in [0.25, 0.3) is 0 Å². The number of thioether (sulfide) groups is 1. The second kappa shape index (κ2) is 6.65. The fourth-order valence-electron chi connectivity index (χ4n) is 1.20. The molecule has 0 fully saturated rings. The topological polar surface area (TPSA) is 52.3 Å². The van der Waals surface area contributed by atoms with E-state index in [9.17, 15) is 18.0 Å². The average Bonchev–Trinajstić information content (AvgIpc) is 2.12. The summed E-state index contributed by atoms with van der Waals surface area (Å²) in [6, 6.07) is -1.02. The molecule has 0 bridgehead atoms. The van der Waals surface area contributed by atoms with Gasteiger partial charge in [0, 0.05) is 6.04 Å². The minimum Gasteiger partial charge on any atom is -0.459 e. The Labute approximate surface area is 110 Å². The molecule has 0 aromatic carbocycles. The molecule has 2 atom stereocenters. The number of carbonyl (C=O) groups excluding carboxylic acids is 1. The number of hydrogen-bond donors (Lipinski definition) is 1. The standard InChI is InChI=1S/C11H20F3NO2S/c1-5-7(15)9(11(12,13)14)18-6-8(16)17-10(2,3)4/h7,9H,5-6,15H2,1-4H3. The van der Waals surface area contributed by atoms with E-state index >= 15 is 0 Å². The van der Waals surface area contributed by atoms with Crippen molar-refractivity contribution in [2.24, 2.45) is 5.73 Å². The zero-order chi connectivity index (χ0) is 14.6. The first kappa shape index (κ1) is 17.6. The lowest BCUT2D eigenvalue weighted by Gasteiger charge is -2.25. The van der Waals surface area contributed by atoms with E-state index in [0.717, 1.165) is 0 Å². The third-order valence-corrected chi connectivity index (χ3v) is 3.36. The maximum Gasteiger partial charge on any atom is 0.402 e. The summed E-state index contributed by atoms with van der Waals surface area (Å²) in [4.78, 5) is 11.3. The van der Waals surface area contributed by atoms with Crippen molar-refractivity contribution in [2.45, 2.75) is 57.2 Å². The summed E-state index contributed by atoms with van der Waals surface area (Å²) >= 11 is 0.485. The molecule has 3 nitrogen and oxygen atoms in total. The van der Waals surface area contributed by atoms with Crippen molar-refractivity contribution in [1.29, 1.82) is 0 Å². The number of nitrogens with two attached hydrogens (primary N) is 1. The Morgan fingerprint density at radius 2 is 1.83 bits per heavy atom. The summed E-state index contributed by atoms with van der Waals surface area (Å²) in [5.41, 5.74) is 4.73. The van der Waals surface area contributed by atoms with E-state index < -0.39 is 29.0 Å². The van der Waals surface area contributed by atoms with Gasteiger partial charge < -0.3 is 10.5 Å². The Morgan fingerprint density at radius 1 is 1.33 bits per heavy atom. The highest BCUT2D eigenvalue weighted by atomic mass is 32.2. The van der Waals surface area contributed by atoms with Gasteiger partial charge >= 0.3 is 12.1 Å². The molecule has 0 aliphatic rings. The summed E-state index contributed by atoms with van der Waals surface area (Å²) < 4.78 is 43.0. The van der Waals surface area contributed by atoms with Gasteiger partial charge in [-0.3, -0.25) is 4.79 Å². The fourth-order valence-corrected chi connectivity index (χ4v) is 2.21. The zero-order valence-corrected chi connectivity index (χ0v) is 11.8. The quantitative estimate of drug-likeness (QED) is 0.790. The van der Waals surface area contributed by atoms with Crippen LogP contribution in [0.5, 0.6) is 0 Å². The van der Waals surface area contributed by atoms with E-state index in [-0.39, 0.29) is 12.2 Å². The average molecular weight is 287 g/mol. The zero-order valence-electron chi connectivity index (χ0n) is 11.0. The molecular formula is C11H20F3NO2S. The van der Waals surface area contributed by atoms with Crippen LogP contribution in [0.15, 0.2) is 0 Å². The predicted molar refractivity (Wildman–Crippen MR) is 66.4 cm³/mol. The van der Waals surface area contributed by atoms with E-state index in [4.69, 9.17) is 10.5 Å². The Morgan fingerprint density at radius 3 is 2.17 bits per heavy atom. The highest BCUT2D eigenvalue weighted by Crippen LogP contribution is 2.33. The van der Waals surface area contributed by atoms with Crippen LogP contribution in [0.2, 0.25) is 0 Å². The minimum absolute atomic E-state index is 0.200. The smallest absolute Gasteiger partial charge is 0.402 e. The van der Waals surface area contributed by atoms with Crippen LogP contribution >= 0.6 is 11.8 Å². The number of esters is 1. The van der Waals surface area contributed by atoms with E-state index in [1.807, 2.05) is 0 Å². The van der Waals surface area contributed by atoms with Crippen molar-refractivity contribution in [2.75, 3.05) is 5.75 Å². The van der Waals surface area contributed by atoms with Gasteiger partial charge in [-0.05, 0) is 27.2 Å². The number of ether oxygens (including phenoxy) is 1. The van der Waals surface area contributed by atoms with Crippen LogP contribution in [0.4, 0.5) is 13.2 Å². The van der Waals surface area contributed by atoms with Crippen molar-refractivity contribution in [1.82, 2.24) is 0 Å². The molecular weight excluding hydrogens is 267 g/mol. The van der Waals surface area contributed by atoms with Crippen molar-refractivity contribution >= 4 is 17.7 Å². The minimum atomic E-state index is -4.41. The molecule has 108 valence electrons. The molecule has 0 aromatic rings. The highest BCUT2D eigenvalue weighted by molar-refractivity contribution is 8.00. The van der Waals surface area contributed by atoms with E-state index in [2.05, 4.69) is 0 Å². The normalized spacial score (nSPS) is 16.2. The molecule has 7 heteroatoms. The number of hydrogen-bond acceptors (Lipinski definition) is 4. The second-order valence-corrected chi connectivity index (χ2v) is 6.06. The first-order chi connectivity index (χ1) is 7.97. The molecule has 0 aliphatic carbocycles. The van der Waals surface area contributed by atoms with Gasteiger partial charge in [0.15, 0.2) is 0 Å². The maximum absolute atomic E-state index is 12.7. The van der Waals surface area contributed by atoms with Crippen molar-refractivity contribution in [3.63, 3.8) is 0 Å². The van der Waals surface area contributed by atoms with Gasteiger partial charge in [0.1, 0.15) is 10.9 Å². The summed E-state index contributed by atoms with van der Waals surface area (Å²) in [5, 5.41) is -1.74. The van der Waals surface area contributed by atoms with Crippen molar-refractivity contribution in [3.05, 3.63) is 0 Å². The SMILES string of the molecule is CCC(N)C(SCC(=O)OC(C)(C)C)C(F)(F)F. The number of rotatable bonds is 5. The van der Waals surface area contributed by atoms with E-state index in [1.54, 1.807) is 27.7 Å². The molecule has 0 aliphatic heterocycles. The largest absolute Gasteiger partial charge is 0.459 e. The monoisotopic (exact) mass is 287 g/mol. The summed E-state index contributed by atoms with van der Waals surface area (Å²) in [5.74, 6) is -1.01. The van der Waals surface area contributed by atoms with Crippen LogP contribution in [-0.4, -0.2) is 34.8 Å². The van der Waals surface area contributed by atoms with Gasteiger partial charge in [0.2, 0.25) is 0 Å². The molecule has 0 spiro atoms. The van der Waals surface area contributed by atoms with Crippen molar-refractivity contribution < 1.29 is 22.7 Å². The lowest BCUT2D eigenvalue weighted by atomic mass is 10.1. The number of carbonyl (C=O) groups is 1. The molecule has 2 unspecified atom stereocenters. The number of halogens is 3. The summed E-state index contributed by atoms with van der Waals surface area (Å²) in [7, 11) is 0. The Balaban J connectivity index is 4.41. The van der Waals surface area contributed by atoms with Crippen LogP contribution in [0.25, 0.3) is 0 Å². The molecule has 0 aromatic heterocycles. The Hall–Kier alpha value is -0.430. The maximum atomic E-state index is 12.7. The van der Waals surface area contributed by atoms with E-state index in [0.29, 0.717) is 11.8 Å². The first-order valence-electron chi connectivity index (χ1n) is 5.63. The van der Waals surface area contributed by atoms with Gasteiger partial charge in [0.05, 0.1) is 5.75 Å². The molecule has 0 saturated carbocycles. The van der Waals surface area contributed by atoms with Crippen LogP contribution in [-0.2, 0) is 9.53 Å². The van der Waals surface area contributed by atoms with Crippen LogP contribution < -0.4 is 5.73 Å². The molecule has 0 amide bonds. The van der Waals surface area contributed by atoms with Gasteiger partial charge in [-0.15, -0.1) is 11.8 Å². The molecule has 0 rings (SSSR count). The van der Waals surface area contributed by atoms with Crippen LogP contribution in [0.3, 0.4) is 0 Å². The molecule has 2 N–H and O–H groups in total. The predicted octanol–water partition coefficient (Wildman–Crippen LogP) is 2.73. The Bertz CT molecular complexity index is 276. The third-order valence-electron chi connectivity index (χ3n) is 1.98. The number of alkyl halides is 3. The molecule has 0 saturated heterocycles. The molecule has 0 heterocycles. The van der Waals surface area contributed by atoms with Gasteiger partial charge in [-0.2, -0.15) is 13.2 Å². The Kier molecular flexibility index (Phi) is 6.50. The molecule has 0 radical (unpaired) electrons. The molecule has 18 heavy (non-hydrogen) atoms. The highest BCUT2D eigenvalue weighted by Gasteiger charge is 2.43. The third kappa shape index (κ3) is 7.10. The second-order valence-electron chi connectivity index (χ2n) is 4.93. The van der Waals surface area contributed by atoms with Crippen LogP contribution in [0.1, 0.15) is 34.1 Å². The summed E-state index contributed by atoms with van der Waals surface area (Å²) in [6.07, 6.45) is -4.21. The van der Waals surface area contributed by atoms with Gasteiger partial charge in [-0.1, -0.05) is 6.92 Å². The van der Waals surface area contributed by atoms with Gasteiger partial charge in [-0.25, -0.2) is 0 Å². The fraction of sp³-hybridized carbons (Fsp3) is 0.909. The van der Waals surface area contributed by atoms with E-state index in [1.165, 1.54) is 0 Å². The first-order valence-corrected chi connectivity index (χ1v) is 6.68. The summed E-state index contributed by atoms with van der Waals surface area (Å²) in [6.45, 7) is 6.56. The lowest BCUT2D eigenvalue weighted by Crippen LogP contribution is -2.43. The van der Waals surface area contributed by atoms with Crippen LogP contribution in [0, 0.1) is 0 Å². The van der Waals surface area contributed by atoms with Crippen molar-refractivity contribution in [3.8, 4) is 0 Å².